The molecule has 3 aromatic carbocycles. The van der Waals surface area contributed by atoms with Crippen molar-refractivity contribution in [1.29, 1.82) is 0 Å². The zero-order valence-electron chi connectivity index (χ0n) is 28.8. The Morgan fingerprint density at radius 3 is 2.29 bits per heavy atom. The molecule has 1 fully saturated rings. The number of hydrogen-bond donors (Lipinski definition) is 4. The van der Waals surface area contributed by atoms with E-state index >= 15 is 0 Å². The number of fused-ring (bicyclic) bond motifs is 1. The summed E-state index contributed by atoms with van der Waals surface area (Å²) >= 11 is 0. The lowest BCUT2D eigenvalue weighted by Gasteiger charge is -2.40. The number of hydrogen-bond acceptors (Lipinski definition) is 7. The maximum Gasteiger partial charge on any atom is 0.409 e. The maximum absolute atomic E-state index is 13.4. The van der Waals surface area contributed by atoms with Crippen LogP contribution in [-0.2, 0) is 16.8 Å². The van der Waals surface area contributed by atoms with Crippen molar-refractivity contribution in [2.75, 3.05) is 42.7 Å². The highest BCUT2D eigenvalue weighted by Crippen LogP contribution is 2.39. The van der Waals surface area contributed by atoms with Crippen molar-refractivity contribution < 1.29 is 29.0 Å². The topological polar surface area (TPSA) is 145 Å². The molecule has 12 heteroatoms. The van der Waals surface area contributed by atoms with Crippen LogP contribution < -0.4 is 25.4 Å². The quantitative estimate of drug-likeness (QED) is 0.143. The van der Waals surface area contributed by atoms with Gasteiger partial charge in [0.05, 0.1) is 29.9 Å². The van der Waals surface area contributed by atoms with E-state index in [1.165, 1.54) is 7.11 Å². The number of anilines is 3. The van der Waals surface area contributed by atoms with E-state index in [4.69, 9.17) is 9.47 Å². The highest BCUT2D eigenvalue weighted by Gasteiger charge is 2.28. The predicted octanol–water partition coefficient (Wildman–Crippen LogP) is 7.51. The first kappa shape index (κ1) is 35.0. The van der Waals surface area contributed by atoms with Gasteiger partial charge >= 0.3 is 12.1 Å². The predicted molar refractivity (Wildman–Crippen MR) is 191 cm³/mol. The molecule has 0 saturated carbocycles. The molecule has 0 spiro atoms. The number of urea groups is 1. The number of carboxylic acid groups (broad SMARTS) is 1. The molecule has 2 heterocycles. The highest BCUT2D eigenvalue weighted by molar-refractivity contribution is 6.08. The molecule has 0 radical (unpaired) electrons. The fourth-order valence-electron chi connectivity index (χ4n) is 6.12. The van der Waals surface area contributed by atoms with Crippen molar-refractivity contribution in [1.82, 2.24) is 14.8 Å². The number of benzene rings is 3. The third-order valence-electron chi connectivity index (χ3n) is 8.63. The van der Waals surface area contributed by atoms with Gasteiger partial charge < -0.3 is 30.1 Å². The third kappa shape index (κ3) is 8.39. The summed E-state index contributed by atoms with van der Waals surface area (Å²) in [5, 5.41) is 19.1. The van der Waals surface area contributed by atoms with Crippen LogP contribution in [0.25, 0.3) is 10.8 Å². The summed E-state index contributed by atoms with van der Waals surface area (Å²) < 4.78 is 11.9. The van der Waals surface area contributed by atoms with E-state index in [2.05, 4.69) is 32.8 Å². The van der Waals surface area contributed by atoms with E-state index in [1.807, 2.05) is 62.1 Å². The molecule has 4 amide bonds. The molecular weight excluding hydrogens is 624 g/mol. The van der Waals surface area contributed by atoms with E-state index in [1.54, 1.807) is 37.4 Å². The maximum atomic E-state index is 13.4. The molecule has 1 atom stereocenters. The minimum absolute atomic E-state index is 0.115. The lowest BCUT2D eigenvalue weighted by molar-refractivity contribution is -0.133. The number of amides is 4. The number of nitrogens with one attached hydrogen (secondary N) is 3. The van der Waals surface area contributed by atoms with Gasteiger partial charge in [-0.1, -0.05) is 52.0 Å². The van der Waals surface area contributed by atoms with Crippen molar-refractivity contribution in [2.24, 2.45) is 0 Å². The van der Waals surface area contributed by atoms with Gasteiger partial charge in [-0.3, -0.25) is 20.0 Å². The Hall–Kier alpha value is -5.36. The van der Waals surface area contributed by atoms with Gasteiger partial charge in [-0.15, -0.1) is 0 Å². The number of aromatic nitrogens is 1. The molecule has 4 N–H and O–H groups in total. The van der Waals surface area contributed by atoms with Crippen molar-refractivity contribution in [2.45, 2.75) is 59.0 Å². The van der Waals surface area contributed by atoms with Gasteiger partial charge in [0.25, 0.3) is 0 Å². The molecule has 4 aromatic rings. The third-order valence-corrected chi connectivity index (χ3v) is 8.63. The minimum atomic E-state index is -1.24. The Kier molecular flexibility index (Phi) is 10.6. The average molecular weight is 669 g/mol. The lowest BCUT2D eigenvalue weighted by Crippen LogP contribution is -2.54. The number of pyridine rings is 1. The first-order chi connectivity index (χ1) is 23.4. The molecule has 1 unspecified atom stereocenters. The van der Waals surface area contributed by atoms with Gasteiger partial charge in [-0.05, 0) is 47.7 Å². The molecule has 0 bridgehead atoms. The Morgan fingerprint density at radius 1 is 0.939 bits per heavy atom. The summed E-state index contributed by atoms with van der Waals surface area (Å²) in [7, 11) is 1.42. The van der Waals surface area contributed by atoms with Crippen LogP contribution >= 0.6 is 0 Å². The highest BCUT2D eigenvalue weighted by atomic mass is 16.5. The summed E-state index contributed by atoms with van der Waals surface area (Å²) in [4.78, 5) is 45.8. The Balaban J connectivity index is 1.34. The molecular formula is C37H44N6O6. The Labute approximate surface area is 286 Å². The number of methoxy groups -OCH3 is 1. The van der Waals surface area contributed by atoms with Gasteiger partial charge in [0.1, 0.15) is 11.5 Å². The Morgan fingerprint density at radius 2 is 1.63 bits per heavy atom. The van der Waals surface area contributed by atoms with Gasteiger partial charge in [0, 0.05) is 62.2 Å². The SMILES string of the molecule is CCC1CN(Cc2cc(Oc3ccc(NC(=O)Nc4cc(C(C)(C)C)cc(NC(=O)O)c4OC)c4ccccc34)ccn2)CCN1C(C)=O. The normalized spacial score (nSPS) is 15.1. The number of nitrogens with zero attached hydrogens (tertiary/aromatic N) is 3. The first-order valence-electron chi connectivity index (χ1n) is 16.3. The zero-order valence-corrected chi connectivity index (χ0v) is 28.8. The first-order valence-corrected chi connectivity index (χ1v) is 16.3. The largest absolute Gasteiger partial charge is 0.492 e. The number of ether oxygens (including phenoxy) is 2. The monoisotopic (exact) mass is 668 g/mol. The van der Waals surface area contributed by atoms with E-state index in [0.717, 1.165) is 41.5 Å². The van der Waals surface area contributed by atoms with E-state index < -0.39 is 12.1 Å². The van der Waals surface area contributed by atoms with Gasteiger partial charge in [0.2, 0.25) is 5.91 Å². The lowest BCUT2D eigenvalue weighted by atomic mass is 9.86. The molecule has 1 aliphatic heterocycles. The van der Waals surface area contributed by atoms with Gasteiger partial charge in [-0.2, -0.15) is 0 Å². The van der Waals surface area contributed by atoms with Crippen LogP contribution in [-0.4, -0.2) is 70.7 Å². The fraction of sp³-hybridized carbons (Fsp3) is 0.351. The molecule has 0 aliphatic carbocycles. The Bertz CT molecular complexity index is 1860. The second kappa shape index (κ2) is 14.8. The van der Waals surface area contributed by atoms with Gasteiger partial charge in [-0.25, -0.2) is 9.59 Å². The number of carbonyl (C=O) groups is 3. The molecule has 1 aliphatic rings. The van der Waals surface area contributed by atoms with Crippen LogP contribution in [0.1, 0.15) is 52.3 Å². The van der Waals surface area contributed by atoms with E-state index in [0.29, 0.717) is 36.0 Å². The molecule has 49 heavy (non-hydrogen) atoms. The second-order valence-electron chi connectivity index (χ2n) is 13.1. The van der Waals surface area contributed by atoms with Crippen LogP contribution in [0.15, 0.2) is 66.9 Å². The molecule has 258 valence electrons. The number of carbonyl (C=O) groups excluding carboxylic acids is 2. The van der Waals surface area contributed by atoms with Crippen molar-refractivity contribution >= 4 is 45.9 Å². The summed E-state index contributed by atoms with van der Waals surface area (Å²) in [6.45, 7) is 12.6. The smallest absolute Gasteiger partial charge is 0.409 e. The summed E-state index contributed by atoms with van der Waals surface area (Å²) in [5.74, 6) is 1.56. The summed E-state index contributed by atoms with van der Waals surface area (Å²) in [5.41, 5.74) is 2.44. The number of rotatable bonds is 9. The van der Waals surface area contributed by atoms with Crippen LogP contribution in [0.2, 0.25) is 0 Å². The van der Waals surface area contributed by atoms with Gasteiger partial charge in [0.15, 0.2) is 5.75 Å². The van der Waals surface area contributed by atoms with Crippen LogP contribution in [0.3, 0.4) is 0 Å². The fourth-order valence-corrected chi connectivity index (χ4v) is 6.12. The summed E-state index contributed by atoms with van der Waals surface area (Å²) in [6.07, 6.45) is 1.39. The average Bonchev–Trinajstić information content (AvgIpc) is 3.05. The summed E-state index contributed by atoms with van der Waals surface area (Å²) in [6, 6.07) is 18.1. The van der Waals surface area contributed by atoms with E-state index in [-0.39, 0.29) is 28.8 Å². The molecule has 5 rings (SSSR count). The van der Waals surface area contributed by atoms with Crippen molar-refractivity contribution in [3.05, 3.63) is 78.1 Å². The second-order valence-corrected chi connectivity index (χ2v) is 13.1. The molecule has 12 nitrogen and oxygen atoms in total. The van der Waals surface area contributed by atoms with Crippen LogP contribution in [0.4, 0.5) is 26.7 Å². The molecule has 1 saturated heterocycles. The van der Waals surface area contributed by atoms with Crippen molar-refractivity contribution in [3.63, 3.8) is 0 Å². The minimum Gasteiger partial charge on any atom is -0.492 e. The number of piperazine rings is 1. The van der Waals surface area contributed by atoms with Crippen LogP contribution in [0.5, 0.6) is 17.2 Å². The van der Waals surface area contributed by atoms with Crippen molar-refractivity contribution in [3.8, 4) is 17.2 Å². The van der Waals surface area contributed by atoms with Crippen LogP contribution in [0, 0.1) is 0 Å². The molecule has 1 aromatic heterocycles. The standard InChI is InChI=1S/C37H44N6O6/c1-7-26-22-42(16-17-43(26)23(2)44)21-25-20-27(14-15-38-25)49-33-13-12-30(28-10-8-9-11-29(28)33)39-35(45)40-31-18-24(37(3,4)5)19-32(34(31)48-6)41-36(46)47/h8-15,18-20,26,41H,7,16-17,21-22H2,1-6H3,(H,46,47)(H2,39,40,45). The zero-order chi connectivity index (χ0) is 35.3. The van der Waals surface area contributed by atoms with E-state index in [9.17, 15) is 19.5 Å².